The SMILES string of the molecule is O=CCCCCN(c1ccnc(Nc2ccc3c(c2)SNC3)n1)c1cccc2[nH]ncc12. The molecule has 3 heterocycles. The zero-order chi connectivity index (χ0) is 21.8. The lowest BCUT2D eigenvalue weighted by atomic mass is 10.1. The maximum absolute atomic E-state index is 10.8. The van der Waals surface area contributed by atoms with Crippen molar-refractivity contribution in [3.8, 4) is 0 Å². The molecule has 2 aromatic heterocycles. The number of aldehydes is 1. The number of benzene rings is 2. The van der Waals surface area contributed by atoms with Gasteiger partial charge < -0.3 is 15.0 Å². The average Bonchev–Trinajstić information content (AvgIpc) is 3.48. The normalized spacial score (nSPS) is 12.6. The van der Waals surface area contributed by atoms with Gasteiger partial charge in [-0.2, -0.15) is 10.1 Å². The van der Waals surface area contributed by atoms with Crippen LogP contribution in [0.2, 0.25) is 0 Å². The minimum absolute atomic E-state index is 0.538. The average molecular weight is 446 g/mol. The first-order valence-electron chi connectivity index (χ1n) is 10.6. The minimum Gasteiger partial charge on any atom is -0.326 e. The molecule has 1 aliphatic heterocycles. The molecule has 0 saturated heterocycles. The third-order valence-electron chi connectivity index (χ3n) is 5.39. The number of carbonyl (C=O) groups is 1. The van der Waals surface area contributed by atoms with Gasteiger partial charge in [0.05, 0.1) is 17.4 Å². The van der Waals surface area contributed by atoms with Gasteiger partial charge in [0, 0.05) is 41.7 Å². The van der Waals surface area contributed by atoms with Crippen LogP contribution in [0.4, 0.5) is 23.1 Å². The summed E-state index contributed by atoms with van der Waals surface area (Å²) in [6.07, 6.45) is 6.83. The van der Waals surface area contributed by atoms with E-state index in [1.54, 1.807) is 18.1 Å². The second-order valence-corrected chi connectivity index (χ2v) is 8.46. The Morgan fingerprint density at radius 2 is 2.16 bits per heavy atom. The Kier molecular flexibility index (Phi) is 6.00. The smallest absolute Gasteiger partial charge is 0.229 e. The largest absolute Gasteiger partial charge is 0.326 e. The van der Waals surface area contributed by atoms with Crippen LogP contribution in [-0.4, -0.2) is 33.0 Å². The summed E-state index contributed by atoms with van der Waals surface area (Å²) in [5.74, 6) is 1.33. The van der Waals surface area contributed by atoms with Crippen LogP contribution in [0, 0.1) is 0 Å². The molecule has 9 heteroatoms. The Balaban J connectivity index is 1.44. The van der Waals surface area contributed by atoms with Crippen LogP contribution in [0.1, 0.15) is 24.8 Å². The van der Waals surface area contributed by atoms with Crippen molar-refractivity contribution >= 4 is 52.3 Å². The number of rotatable bonds is 9. The zero-order valence-corrected chi connectivity index (χ0v) is 18.2. The number of fused-ring (bicyclic) bond motifs is 2. The van der Waals surface area contributed by atoms with Gasteiger partial charge in [0.25, 0.3) is 0 Å². The van der Waals surface area contributed by atoms with Crippen LogP contribution in [-0.2, 0) is 11.3 Å². The summed E-state index contributed by atoms with van der Waals surface area (Å²) in [6, 6.07) is 14.3. The van der Waals surface area contributed by atoms with E-state index in [1.165, 1.54) is 10.5 Å². The maximum atomic E-state index is 10.8. The highest BCUT2D eigenvalue weighted by molar-refractivity contribution is 7.97. The summed E-state index contributed by atoms with van der Waals surface area (Å²) in [6.45, 7) is 1.61. The Morgan fingerprint density at radius 3 is 3.09 bits per heavy atom. The molecule has 32 heavy (non-hydrogen) atoms. The van der Waals surface area contributed by atoms with Crippen molar-refractivity contribution < 1.29 is 4.79 Å². The Hall–Kier alpha value is -3.43. The number of anilines is 4. The minimum atomic E-state index is 0.538. The molecular formula is C23H23N7OS. The highest BCUT2D eigenvalue weighted by atomic mass is 32.2. The van der Waals surface area contributed by atoms with E-state index in [-0.39, 0.29) is 0 Å². The molecular weight excluding hydrogens is 422 g/mol. The first-order valence-corrected chi connectivity index (χ1v) is 11.4. The molecule has 162 valence electrons. The predicted molar refractivity (Wildman–Crippen MR) is 127 cm³/mol. The van der Waals surface area contributed by atoms with Crippen molar-refractivity contribution in [2.75, 3.05) is 16.8 Å². The van der Waals surface area contributed by atoms with Gasteiger partial charge in [0.1, 0.15) is 12.1 Å². The second-order valence-electron chi connectivity index (χ2n) is 7.53. The highest BCUT2D eigenvalue weighted by Crippen LogP contribution is 2.33. The van der Waals surface area contributed by atoms with E-state index in [0.29, 0.717) is 12.4 Å². The van der Waals surface area contributed by atoms with Crippen LogP contribution in [0.15, 0.2) is 59.8 Å². The standard InChI is InChI=1S/C23H23N7OS/c31-12-3-1-2-11-30(20-6-4-5-19-18(20)15-25-29-19)22-9-10-24-23(28-22)27-17-8-7-16-14-26-32-21(16)13-17/h4-10,12-13,15,26H,1-3,11,14H2,(H,25,29)(H,24,27,28). The van der Waals surface area contributed by atoms with E-state index >= 15 is 0 Å². The van der Waals surface area contributed by atoms with E-state index in [2.05, 4.69) is 48.3 Å². The Labute approximate surface area is 190 Å². The third-order valence-corrected chi connectivity index (χ3v) is 6.28. The third kappa shape index (κ3) is 4.30. The molecule has 1 aliphatic rings. The Bertz CT molecular complexity index is 1240. The van der Waals surface area contributed by atoms with Crippen molar-refractivity contribution in [2.24, 2.45) is 0 Å². The molecule has 0 atom stereocenters. The van der Waals surface area contributed by atoms with Gasteiger partial charge in [-0.3, -0.25) is 9.82 Å². The number of hydrogen-bond acceptors (Lipinski definition) is 8. The zero-order valence-electron chi connectivity index (χ0n) is 17.4. The van der Waals surface area contributed by atoms with Crippen LogP contribution in [0.25, 0.3) is 10.9 Å². The van der Waals surface area contributed by atoms with Gasteiger partial charge >= 0.3 is 0 Å². The number of aromatic amines is 1. The summed E-state index contributed by atoms with van der Waals surface area (Å²) in [5.41, 5.74) is 4.24. The van der Waals surface area contributed by atoms with E-state index < -0.39 is 0 Å². The van der Waals surface area contributed by atoms with Crippen LogP contribution < -0.4 is 14.9 Å². The fourth-order valence-electron chi connectivity index (χ4n) is 3.80. The van der Waals surface area contributed by atoms with Crippen molar-refractivity contribution in [2.45, 2.75) is 30.7 Å². The fraction of sp³-hybridized carbons (Fsp3) is 0.217. The lowest BCUT2D eigenvalue weighted by molar-refractivity contribution is -0.107. The van der Waals surface area contributed by atoms with Crippen LogP contribution in [0.3, 0.4) is 0 Å². The first-order chi connectivity index (χ1) is 15.8. The van der Waals surface area contributed by atoms with Gasteiger partial charge in [-0.25, -0.2) is 4.98 Å². The molecule has 5 rings (SSSR count). The fourth-order valence-corrected chi connectivity index (χ4v) is 4.64. The quantitative estimate of drug-likeness (QED) is 0.193. The number of H-pyrrole nitrogens is 1. The summed E-state index contributed by atoms with van der Waals surface area (Å²) < 4.78 is 3.28. The number of nitrogens with one attached hydrogen (secondary N) is 3. The summed E-state index contributed by atoms with van der Waals surface area (Å²) >= 11 is 1.64. The summed E-state index contributed by atoms with van der Waals surface area (Å²) in [7, 11) is 0. The van der Waals surface area contributed by atoms with Crippen molar-refractivity contribution in [1.82, 2.24) is 24.9 Å². The monoisotopic (exact) mass is 445 g/mol. The number of nitrogens with zero attached hydrogens (tertiary/aromatic N) is 4. The van der Waals surface area contributed by atoms with Gasteiger partial charge in [-0.1, -0.05) is 12.1 Å². The van der Waals surface area contributed by atoms with E-state index in [1.807, 2.05) is 30.5 Å². The molecule has 0 saturated carbocycles. The molecule has 3 N–H and O–H groups in total. The summed E-state index contributed by atoms with van der Waals surface area (Å²) in [5, 5.41) is 11.6. The molecule has 0 bridgehead atoms. The van der Waals surface area contributed by atoms with Gasteiger partial charge in [0.15, 0.2) is 0 Å². The van der Waals surface area contributed by atoms with Crippen molar-refractivity contribution in [3.05, 3.63) is 60.4 Å². The predicted octanol–water partition coefficient (Wildman–Crippen LogP) is 4.71. The molecule has 8 nitrogen and oxygen atoms in total. The topological polar surface area (TPSA) is 98.8 Å². The molecule has 0 spiro atoms. The second kappa shape index (κ2) is 9.37. The Morgan fingerprint density at radius 1 is 1.19 bits per heavy atom. The molecule has 0 unspecified atom stereocenters. The van der Waals surface area contributed by atoms with Gasteiger partial charge in [0.2, 0.25) is 5.95 Å². The lowest BCUT2D eigenvalue weighted by Crippen LogP contribution is -2.20. The van der Waals surface area contributed by atoms with Crippen LogP contribution in [0.5, 0.6) is 0 Å². The molecule has 0 radical (unpaired) electrons. The first kappa shape index (κ1) is 20.5. The molecule has 0 amide bonds. The maximum Gasteiger partial charge on any atom is 0.229 e. The van der Waals surface area contributed by atoms with Crippen molar-refractivity contribution in [3.63, 3.8) is 0 Å². The number of unbranched alkanes of at least 4 members (excludes halogenated alkanes) is 2. The van der Waals surface area contributed by atoms with Crippen LogP contribution >= 0.6 is 11.9 Å². The molecule has 4 aromatic rings. The summed E-state index contributed by atoms with van der Waals surface area (Å²) in [4.78, 5) is 23.4. The molecule has 0 aliphatic carbocycles. The van der Waals surface area contributed by atoms with Crippen molar-refractivity contribution in [1.29, 1.82) is 0 Å². The highest BCUT2D eigenvalue weighted by Gasteiger charge is 2.16. The van der Waals surface area contributed by atoms with Gasteiger partial charge in [-0.05, 0) is 60.7 Å². The number of aromatic nitrogens is 4. The van der Waals surface area contributed by atoms with E-state index in [9.17, 15) is 4.79 Å². The number of hydrogen-bond donors (Lipinski definition) is 3. The number of carbonyl (C=O) groups excluding carboxylic acids is 1. The van der Waals surface area contributed by atoms with Gasteiger partial charge in [-0.15, -0.1) is 0 Å². The van der Waals surface area contributed by atoms with E-state index in [4.69, 9.17) is 4.98 Å². The molecule has 2 aromatic carbocycles. The van der Waals surface area contributed by atoms with E-state index in [0.717, 1.165) is 60.3 Å². The molecule has 0 fully saturated rings. The lowest BCUT2D eigenvalue weighted by Gasteiger charge is -2.25.